The van der Waals surface area contributed by atoms with Crippen molar-refractivity contribution < 1.29 is 9.90 Å². The van der Waals surface area contributed by atoms with Gasteiger partial charge < -0.3 is 5.11 Å². The quantitative estimate of drug-likeness (QED) is 0.901. The molecule has 1 saturated carbocycles. The first-order chi connectivity index (χ1) is 11.6. The van der Waals surface area contributed by atoms with Gasteiger partial charge in [-0.2, -0.15) is 0 Å². The van der Waals surface area contributed by atoms with E-state index in [0.717, 1.165) is 24.1 Å². The number of hydrogen-bond acceptors (Lipinski definition) is 4. The third-order valence-electron chi connectivity index (χ3n) is 4.94. The number of aliphatic carboxylic acids is 1. The molecule has 24 heavy (non-hydrogen) atoms. The van der Waals surface area contributed by atoms with E-state index < -0.39 is 11.9 Å². The van der Waals surface area contributed by atoms with Crippen molar-refractivity contribution in [1.82, 2.24) is 19.9 Å². The van der Waals surface area contributed by atoms with Crippen LogP contribution in [0.1, 0.15) is 36.1 Å². The SMILES string of the molecule is O=C(O)[C@@H]1CN(Cc2cnnn2C2CC2)C[C@H]1c1ccc(Cl)cc1. The number of halogens is 1. The van der Waals surface area contributed by atoms with Gasteiger partial charge in [0.1, 0.15) is 0 Å². The molecule has 2 atom stereocenters. The number of carboxylic acid groups (broad SMARTS) is 1. The molecule has 0 bridgehead atoms. The summed E-state index contributed by atoms with van der Waals surface area (Å²) in [4.78, 5) is 13.9. The van der Waals surface area contributed by atoms with Crippen LogP contribution in [-0.2, 0) is 11.3 Å². The van der Waals surface area contributed by atoms with Crippen LogP contribution in [0.5, 0.6) is 0 Å². The maximum Gasteiger partial charge on any atom is 0.308 e. The summed E-state index contributed by atoms with van der Waals surface area (Å²) in [6.45, 7) is 1.95. The fourth-order valence-corrected chi connectivity index (χ4v) is 3.67. The second-order valence-electron chi connectivity index (χ2n) is 6.70. The molecule has 2 aliphatic rings. The summed E-state index contributed by atoms with van der Waals surface area (Å²) in [5.41, 5.74) is 2.10. The number of rotatable bonds is 5. The molecule has 2 aromatic rings. The van der Waals surface area contributed by atoms with E-state index in [1.54, 1.807) is 6.20 Å². The molecular formula is C17H19ClN4O2. The minimum atomic E-state index is -0.744. The van der Waals surface area contributed by atoms with Crippen LogP contribution in [0.4, 0.5) is 0 Å². The lowest BCUT2D eigenvalue weighted by Gasteiger charge is -2.16. The molecule has 6 nitrogen and oxygen atoms in total. The smallest absolute Gasteiger partial charge is 0.308 e. The van der Waals surface area contributed by atoms with Gasteiger partial charge in [-0.3, -0.25) is 9.69 Å². The molecule has 126 valence electrons. The van der Waals surface area contributed by atoms with Crippen LogP contribution in [0.15, 0.2) is 30.5 Å². The van der Waals surface area contributed by atoms with E-state index >= 15 is 0 Å². The lowest BCUT2D eigenvalue weighted by Crippen LogP contribution is -2.24. The lowest BCUT2D eigenvalue weighted by atomic mass is 9.89. The van der Waals surface area contributed by atoms with Crippen LogP contribution in [0.3, 0.4) is 0 Å². The number of carboxylic acids is 1. The maximum atomic E-state index is 11.7. The highest BCUT2D eigenvalue weighted by molar-refractivity contribution is 6.30. The van der Waals surface area contributed by atoms with Gasteiger partial charge in [0.25, 0.3) is 0 Å². The predicted octanol–water partition coefficient (Wildman–Crippen LogP) is 2.57. The third-order valence-corrected chi connectivity index (χ3v) is 5.19. The highest BCUT2D eigenvalue weighted by Crippen LogP contribution is 2.37. The van der Waals surface area contributed by atoms with Crippen molar-refractivity contribution in [3.63, 3.8) is 0 Å². The molecule has 1 N–H and O–H groups in total. The maximum absolute atomic E-state index is 11.7. The van der Waals surface area contributed by atoms with Crippen molar-refractivity contribution in [2.75, 3.05) is 13.1 Å². The summed E-state index contributed by atoms with van der Waals surface area (Å²) in [5.74, 6) is -1.17. The highest BCUT2D eigenvalue weighted by Gasteiger charge is 2.39. The van der Waals surface area contributed by atoms with Gasteiger partial charge >= 0.3 is 5.97 Å². The van der Waals surface area contributed by atoms with Gasteiger partial charge in [-0.05, 0) is 30.5 Å². The van der Waals surface area contributed by atoms with Crippen LogP contribution in [-0.4, -0.2) is 44.1 Å². The fraction of sp³-hybridized carbons (Fsp3) is 0.471. The molecule has 1 aromatic heterocycles. The fourth-order valence-electron chi connectivity index (χ4n) is 3.55. The molecule has 1 aromatic carbocycles. The highest BCUT2D eigenvalue weighted by atomic mass is 35.5. The zero-order valence-electron chi connectivity index (χ0n) is 13.2. The molecule has 2 fully saturated rings. The number of benzene rings is 1. The Labute approximate surface area is 145 Å². The van der Waals surface area contributed by atoms with Gasteiger partial charge in [0.05, 0.1) is 23.9 Å². The molecule has 0 unspecified atom stereocenters. The van der Waals surface area contributed by atoms with E-state index in [9.17, 15) is 9.90 Å². The minimum Gasteiger partial charge on any atom is -0.481 e. The Morgan fingerprint density at radius 1 is 1.25 bits per heavy atom. The molecule has 2 heterocycles. The van der Waals surface area contributed by atoms with Gasteiger partial charge in [0.2, 0.25) is 0 Å². The summed E-state index contributed by atoms with van der Waals surface area (Å²) in [5, 5.41) is 18.5. The molecular weight excluding hydrogens is 328 g/mol. The first kappa shape index (κ1) is 15.6. The van der Waals surface area contributed by atoms with Gasteiger partial charge in [0.15, 0.2) is 0 Å². The summed E-state index contributed by atoms with van der Waals surface area (Å²) < 4.78 is 1.99. The number of aromatic nitrogens is 3. The van der Waals surface area contributed by atoms with Crippen molar-refractivity contribution in [2.24, 2.45) is 5.92 Å². The third kappa shape index (κ3) is 3.03. The number of hydrogen-bond donors (Lipinski definition) is 1. The molecule has 1 saturated heterocycles. The van der Waals surface area contributed by atoms with Crippen LogP contribution in [0.25, 0.3) is 0 Å². The van der Waals surface area contributed by atoms with E-state index in [1.807, 2.05) is 28.9 Å². The molecule has 4 rings (SSSR count). The zero-order valence-corrected chi connectivity index (χ0v) is 13.9. The number of likely N-dealkylation sites (tertiary alicyclic amines) is 1. The Bertz CT molecular complexity index is 741. The summed E-state index contributed by atoms with van der Waals surface area (Å²) in [6.07, 6.45) is 4.10. The minimum absolute atomic E-state index is 0.0231. The van der Waals surface area contributed by atoms with Crippen LogP contribution in [0.2, 0.25) is 5.02 Å². The average Bonchev–Trinajstić information content (AvgIpc) is 3.15. The first-order valence-corrected chi connectivity index (χ1v) is 8.59. The van der Waals surface area contributed by atoms with E-state index in [1.165, 1.54) is 0 Å². The van der Waals surface area contributed by atoms with E-state index in [2.05, 4.69) is 15.2 Å². The molecule has 1 aliphatic carbocycles. The second-order valence-corrected chi connectivity index (χ2v) is 7.13. The molecule has 0 spiro atoms. The van der Waals surface area contributed by atoms with E-state index in [-0.39, 0.29) is 5.92 Å². The van der Waals surface area contributed by atoms with Crippen molar-refractivity contribution in [2.45, 2.75) is 31.3 Å². The molecule has 0 radical (unpaired) electrons. The van der Waals surface area contributed by atoms with Gasteiger partial charge in [0, 0.05) is 30.6 Å². The topological polar surface area (TPSA) is 71.2 Å². The standard InChI is InChI=1S/C17H19ClN4O2/c18-12-3-1-11(2-4-12)15-9-21(10-16(15)17(23)24)8-14-7-19-20-22(14)13-5-6-13/h1-4,7,13,15-16H,5-6,8-10H2,(H,23,24)/t15-,16+/m0/s1. The summed E-state index contributed by atoms with van der Waals surface area (Å²) >= 11 is 5.95. The number of carbonyl (C=O) groups is 1. The van der Waals surface area contributed by atoms with Crippen molar-refractivity contribution >= 4 is 17.6 Å². The Hall–Kier alpha value is -1.92. The van der Waals surface area contributed by atoms with Crippen molar-refractivity contribution in [3.8, 4) is 0 Å². The largest absolute Gasteiger partial charge is 0.481 e. The Morgan fingerprint density at radius 3 is 2.67 bits per heavy atom. The van der Waals surface area contributed by atoms with Crippen molar-refractivity contribution in [3.05, 3.63) is 46.7 Å². The Balaban J connectivity index is 1.52. The second kappa shape index (κ2) is 6.18. The summed E-state index contributed by atoms with van der Waals surface area (Å²) in [6, 6.07) is 7.99. The van der Waals surface area contributed by atoms with Gasteiger partial charge in [-0.1, -0.05) is 28.9 Å². The summed E-state index contributed by atoms with van der Waals surface area (Å²) in [7, 11) is 0. The first-order valence-electron chi connectivity index (χ1n) is 8.21. The van der Waals surface area contributed by atoms with Gasteiger partial charge in [-0.15, -0.1) is 5.10 Å². The molecule has 1 aliphatic heterocycles. The van der Waals surface area contributed by atoms with Gasteiger partial charge in [-0.25, -0.2) is 4.68 Å². The Kier molecular flexibility index (Phi) is 4.02. The lowest BCUT2D eigenvalue weighted by molar-refractivity contribution is -0.141. The van der Waals surface area contributed by atoms with Crippen LogP contribution >= 0.6 is 11.6 Å². The van der Waals surface area contributed by atoms with Crippen LogP contribution in [0, 0.1) is 5.92 Å². The zero-order chi connectivity index (χ0) is 16.7. The number of nitrogens with zero attached hydrogens (tertiary/aromatic N) is 4. The monoisotopic (exact) mass is 346 g/mol. The average molecular weight is 347 g/mol. The van der Waals surface area contributed by atoms with Crippen molar-refractivity contribution in [1.29, 1.82) is 0 Å². The van der Waals surface area contributed by atoms with E-state index in [0.29, 0.717) is 30.7 Å². The molecule has 0 amide bonds. The van der Waals surface area contributed by atoms with Crippen LogP contribution < -0.4 is 0 Å². The Morgan fingerprint density at radius 2 is 2.00 bits per heavy atom. The normalized spacial score (nSPS) is 24.4. The predicted molar refractivity (Wildman–Crippen MR) is 88.9 cm³/mol. The van der Waals surface area contributed by atoms with E-state index in [4.69, 9.17) is 11.6 Å². The molecule has 7 heteroatoms.